The Morgan fingerprint density at radius 2 is 1.94 bits per heavy atom. The summed E-state index contributed by atoms with van der Waals surface area (Å²) in [6.07, 6.45) is 6.55. The van der Waals surface area contributed by atoms with Crippen molar-refractivity contribution in [3.63, 3.8) is 0 Å². The van der Waals surface area contributed by atoms with Crippen LogP contribution >= 0.6 is 11.5 Å². The van der Waals surface area contributed by atoms with Crippen LogP contribution in [0.4, 0.5) is 0 Å². The predicted molar refractivity (Wildman–Crippen MR) is 125 cm³/mol. The summed E-state index contributed by atoms with van der Waals surface area (Å²) in [6, 6.07) is 13.9. The smallest absolute Gasteiger partial charge is 0.163 e. The number of piperidine rings is 1. The van der Waals surface area contributed by atoms with E-state index in [0.29, 0.717) is 17.1 Å². The molecule has 0 radical (unpaired) electrons. The minimum absolute atomic E-state index is 0.0118. The lowest BCUT2D eigenvalue weighted by molar-refractivity contribution is 0.00364. The number of benzene rings is 2. The third-order valence-corrected chi connectivity index (χ3v) is 6.81. The van der Waals surface area contributed by atoms with E-state index in [1.54, 1.807) is 31.6 Å². The van der Waals surface area contributed by atoms with Gasteiger partial charge in [-0.05, 0) is 74.8 Å². The molecule has 31 heavy (non-hydrogen) atoms. The molecule has 0 saturated carbocycles. The van der Waals surface area contributed by atoms with E-state index in [1.165, 1.54) is 35.0 Å². The van der Waals surface area contributed by atoms with E-state index in [9.17, 15) is 4.79 Å². The Labute approximate surface area is 188 Å². The highest BCUT2D eigenvalue weighted by Gasteiger charge is 2.24. The molecule has 0 spiro atoms. The molecule has 0 bridgehead atoms. The Bertz CT molecular complexity index is 1030. The summed E-state index contributed by atoms with van der Waals surface area (Å²) in [5.74, 6) is 1.33. The second-order valence-corrected chi connectivity index (χ2v) is 8.91. The van der Waals surface area contributed by atoms with Gasteiger partial charge in [0.25, 0.3) is 0 Å². The van der Waals surface area contributed by atoms with Gasteiger partial charge in [0.1, 0.15) is 0 Å². The van der Waals surface area contributed by atoms with E-state index in [4.69, 9.17) is 9.47 Å². The highest BCUT2D eigenvalue weighted by Crippen LogP contribution is 2.31. The summed E-state index contributed by atoms with van der Waals surface area (Å²) in [7, 11) is 1.62. The fourth-order valence-electron chi connectivity index (χ4n) is 4.22. The van der Waals surface area contributed by atoms with E-state index < -0.39 is 0 Å². The summed E-state index contributed by atoms with van der Waals surface area (Å²) in [5, 5.41) is 1.27. The average molecular weight is 439 g/mol. The quantitative estimate of drug-likeness (QED) is 0.400. The minimum atomic E-state index is -0.0118. The number of ether oxygens (including phenoxy) is 2. The Morgan fingerprint density at radius 3 is 2.71 bits per heavy atom. The second-order valence-electron chi connectivity index (χ2n) is 8.11. The number of aromatic nitrogens is 1. The van der Waals surface area contributed by atoms with Crippen molar-refractivity contribution < 1.29 is 14.3 Å². The van der Waals surface area contributed by atoms with Gasteiger partial charge in [-0.1, -0.05) is 24.6 Å². The summed E-state index contributed by atoms with van der Waals surface area (Å²) >= 11 is 1.58. The molecule has 1 aliphatic heterocycles. The first-order chi connectivity index (χ1) is 15.2. The van der Waals surface area contributed by atoms with Crippen molar-refractivity contribution in [1.29, 1.82) is 0 Å². The first-order valence-electron chi connectivity index (χ1n) is 11.1. The molecule has 164 valence electrons. The Balaban J connectivity index is 1.47. The van der Waals surface area contributed by atoms with Crippen LogP contribution in [-0.2, 0) is 6.42 Å². The van der Waals surface area contributed by atoms with Crippen LogP contribution < -0.4 is 9.47 Å². The van der Waals surface area contributed by atoms with Gasteiger partial charge in [0, 0.05) is 24.0 Å². The summed E-state index contributed by atoms with van der Waals surface area (Å²) in [5.41, 5.74) is 1.82. The molecule has 1 aromatic heterocycles. The molecule has 2 aromatic carbocycles. The molecule has 1 fully saturated rings. The van der Waals surface area contributed by atoms with Crippen molar-refractivity contribution in [2.75, 3.05) is 20.2 Å². The molecule has 3 aromatic rings. The van der Waals surface area contributed by atoms with Crippen molar-refractivity contribution in [3.05, 3.63) is 53.7 Å². The van der Waals surface area contributed by atoms with Gasteiger partial charge in [0.15, 0.2) is 23.5 Å². The number of hydrogen-bond donors (Lipinski definition) is 0. The molecular weight excluding hydrogens is 408 g/mol. The fraction of sp³-hybridized carbons (Fsp3) is 0.440. The number of methoxy groups -OCH3 is 1. The van der Waals surface area contributed by atoms with Gasteiger partial charge in [0.05, 0.1) is 17.5 Å². The van der Waals surface area contributed by atoms with Gasteiger partial charge < -0.3 is 9.47 Å². The van der Waals surface area contributed by atoms with Gasteiger partial charge in [-0.3, -0.25) is 9.69 Å². The van der Waals surface area contributed by atoms with E-state index in [2.05, 4.69) is 33.5 Å². The topological polar surface area (TPSA) is 51.7 Å². The lowest BCUT2D eigenvalue weighted by Gasteiger charge is -2.35. The van der Waals surface area contributed by atoms with Crippen LogP contribution in [0.15, 0.2) is 42.5 Å². The number of likely N-dealkylation sites (tertiary alicyclic amines) is 1. The van der Waals surface area contributed by atoms with Gasteiger partial charge >= 0.3 is 0 Å². The molecule has 0 N–H and O–H groups in total. The van der Waals surface area contributed by atoms with Crippen LogP contribution in [0, 0.1) is 0 Å². The summed E-state index contributed by atoms with van der Waals surface area (Å²) in [4.78, 5) is 14.2. The van der Waals surface area contributed by atoms with Crippen molar-refractivity contribution >= 4 is 27.4 Å². The Hall–Kier alpha value is -2.44. The number of nitrogens with zero attached hydrogens (tertiary/aromatic N) is 2. The zero-order chi connectivity index (χ0) is 21.6. The van der Waals surface area contributed by atoms with Crippen molar-refractivity contribution in [2.24, 2.45) is 0 Å². The van der Waals surface area contributed by atoms with Crippen LogP contribution in [-0.4, -0.2) is 41.5 Å². The van der Waals surface area contributed by atoms with E-state index in [0.717, 1.165) is 32.4 Å². The van der Waals surface area contributed by atoms with Gasteiger partial charge in [-0.15, -0.1) is 0 Å². The molecule has 1 aliphatic rings. The number of carbonyl (C=O) groups excluding carboxylic acids is 1. The normalized spacial score (nSPS) is 15.7. The lowest BCUT2D eigenvalue weighted by Crippen LogP contribution is -2.42. The SMILES string of the molecule is COc1cc(C(C)=O)ccc1OC(CCCc1nsc2ccccc12)N1CCCCC1. The largest absolute Gasteiger partial charge is 0.493 e. The Morgan fingerprint density at radius 1 is 1.13 bits per heavy atom. The molecule has 0 amide bonds. The number of aryl methyl sites for hydroxylation is 1. The van der Waals surface area contributed by atoms with Crippen LogP contribution in [0.1, 0.15) is 55.1 Å². The van der Waals surface area contributed by atoms with Gasteiger partial charge in [-0.2, -0.15) is 4.37 Å². The fourth-order valence-corrected chi connectivity index (χ4v) is 5.04. The van der Waals surface area contributed by atoms with Crippen molar-refractivity contribution in [2.45, 2.75) is 51.7 Å². The van der Waals surface area contributed by atoms with Gasteiger partial charge in [-0.25, -0.2) is 0 Å². The number of hydrogen-bond acceptors (Lipinski definition) is 6. The maximum absolute atomic E-state index is 11.7. The highest BCUT2D eigenvalue weighted by atomic mass is 32.1. The molecular formula is C25H30N2O3S. The van der Waals surface area contributed by atoms with E-state index >= 15 is 0 Å². The molecule has 6 heteroatoms. The maximum Gasteiger partial charge on any atom is 0.163 e. The average Bonchev–Trinajstić information content (AvgIpc) is 3.22. The van der Waals surface area contributed by atoms with E-state index in [1.807, 2.05) is 12.1 Å². The van der Waals surface area contributed by atoms with Crippen LogP contribution in [0.5, 0.6) is 11.5 Å². The molecule has 2 heterocycles. The predicted octanol–water partition coefficient (Wildman–Crippen LogP) is 5.72. The standard InChI is InChI=1S/C25H30N2O3S/c1-18(28)19-13-14-22(23(17-19)29-2)30-25(27-15-6-3-7-16-27)12-8-10-21-20-9-4-5-11-24(20)31-26-21/h4-5,9,11,13-14,17,25H,3,6-8,10,12,15-16H2,1-2H3. The lowest BCUT2D eigenvalue weighted by atomic mass is 10.1. The van der Waals surface area contributed by atoms with Crippen LogP contribution in [0.25, 0.3) is 10.1 Å². The Kier molecular flexibility index (Phi) is 7.20. The highest BCUT2D eigenvalue weighted by molar-refractivity contribution is 7.13. The van der Waals surface area contributed by atoms with Crippen molar-refractivity contribution in [3.8, 4) is 11.5 Å². The van der Waals surface area contributed by atoms with E-state index in [-0.39, 0.29) is 12.0 Å². The molecule has 5 nitrogen and oxygen atoms in total. The monoisotopic (exact) mass is 438 g/mol. The third-order valence-electron chi connectivity index (χ3n) is 5.95. The number of Topliss-reactive ketones (excluding diaryl/α,β-unsaturated/α-hetero) is 1. The van der Waals surface area contributed by atoms with Crippen LogP contribution in [0.2, 0.25) is 0 Å². The molecule has 0 aliphatic carbocycles. The molecule has 1 atom stereocenters. The summed E-state index contributed by atoms with van der Waals surface area (Å²) < 4.78 is 17.9. The summed E-state index contributed by atoms with van der Waals surface area (Å²) in [6.45, 7) is 3.67. The minimum Gasteiger partial charge on any atom is -0.493 e. The van der Waals surface area contributed by atoms with Crippen molar-refractivity contribution in [1.82, 2.24) is 9.27 Å². The number of carbonyl (C=O) groups is 1. The van der Waals surface area contributed by atoms with Gasteiger partial charge in [0.2, 0.25) is 0 Å². The second kappa shape index (κ2) is 10.2. The molecule has 1 unspecified atom stereocenters. The number of rotatable bonds is 9. The zero-order valence-electron chi connectivity index (χ0n) is 18.3. The first kappa shape index (κ1) is 21.8. The first-order valence-corrected chi connectivity index (χ1v) is 11.9. The third kappa shape index (κ3) is 5.25. The maximum atomic E-state index is 11.7. The molecule has 4 rings (SSSR count). The molecule has 1 saturated heterocycles. The number of ketones is 1. The number of fused-ring (bicyclic) bond motifs is 1. The zero-order valence-corrected chi connectivity index (χ0v) is 19.1. The van der Waals surface area contributed by atoms with Crippen LogP contribution in [0.3, 0.4) is 0 Å².